The quantitative estimate of drug-likeness (QED) is 0.299. The van der Waals surface area contributed by atoms with Gasteiger partial charge in [0, 0.05) is 0 Å². The zero-order valence-electron chi connectivity index (χ0n) is 10.0. The molecule has 0 fully saturated rings. The Morgan fingerprint density at radius 2 is 1.73 bits per heavy atom. The molecule has 0 aromatic carbocycles. The Bertz CT molecular complexity index is 165. The van der Waals surface area contributed by atoms with Crippen LogP contribution < -0.4 is 0 Å². The minimum absolute atomic E-state index is 0.0677. The molecule has 0 spiro atoms. The van der Waals surface area contributed by atoms with E-state index in [9.17, 15) is 0 Å². The molecular formula is C9H23O2PS2Zn. The molecule has 2 N–H and O–H groups in total. The molecule has 0 aromatic heterocycles. The van der Waals surface area contributed by atoms with Gasteiger partial charge in [0.25, 0.3) is 0 Å². The number of hydrogen-bond acceptors (Lipinski definition) is 1. The van der Waals surface area contributed by atoms with Crippen LogP contribution in [0.4, 0.5) is 0 Å². The van der Waals surface area contributed by atoms with Crippen LogP contribution in [0.5, 0.6) is 0 Å². The molecule has 0 bridgehead atoms. The maximum absolute atomic E-state index is 7.87. The number of hydrogen-bond donors (Lipinski definition) is 3. The zero-order chi connectivity index (χ0) is 12.3. The first kappa shape index (κ1) is 18.9. The van der Waals surface area contributed by atoms with Crippen LogP contribution in [0.3, 0.4) is 0 Å². The summed E-state index contributed by atoms with van der Waals surface area (Å²) in [6, 6.07) is 0. The predicted molar refractivity (Wildman–Crippen MR) is 71.8 cm³/mol. The van der Waals surface area contributed by atoms with Gasteiger partial charge in [-0.3, -0.25) is 0 Å². The molecule has 0 atom stereocenters. The molecule has 15 heavy (non-hydrogen) atoms. The van der Waals surface area contributed by atoms with E-state index in [2.05, 4.69) is 44.8 Å². The monoisotopic (exact) mass is 322 g/mol. The fourth-order valence-electron chi connectivity index (χ4n) is 1.16. The summed E-state index contributed by atoms with van der Waals surface area (Å²) in [6.45, 7) is 7.06. The largest absolute Gasteiger partial charge is 0.338 e. The molecule has 0 heterocycles. The van der Waals surface area contributed by atoms with Crippen LogP contribution >= 0.6 is 17.9 Å². The van der Waals surface area contributed by atoms with Gasteiger partial charge in [-0.1, -0.05) is 12.2 Å². The minimum atomic E-state index is -3.11. The zero-order valence-corrected chi connectivity index (χ0v) is 15.6. The van der Waals surface area contributed by atoms with E-state index < -0.39 is 5.69 Å². The first-order chi connectivity index (χ1) is 6.77. The Labute approximate surface area is 112 Å². The smallest absolute Gasteiger partial charge is 0.239 e. The summed E-state index contributed by atoms with van der Waals surface area (Å²) in [4.78, 5) is 15.7. The van der Waals surface area contributed by atoms with Crippen molar-refractivity contribution < 1.29 is 26.9 Å². The third-order valence-electron chi connectivity index (χ3n) is 1.89. The maximum Gasteiger partial charge on any atom is 0.239 e. The van der Waals surface area contributed by atoms with Crippen molar-refractivity contribution in [2.75, 3.05) is 0 Å². The molecule has 0 saturated heterocycles. The molecule has 0 aliphatic heterocycles. The minimum Gasteiger partial charge on any atom is -0.338 e. The second kappa shape index (κ2) is 12.0. The van der Waals surface area contributed by atoms with E-state index >= 15 is 0 Å². The van der Waals surface area contributed by atoms with Crippen LogP contribution in [-0.2, 0) is 28.9 Å². The molecule has 0 aromatic rings. The van der Waals surface area contributed by atoms with Gasteiger partial charge in [0.05, 0.1) is 0 Å². The molecule has 6 heteroatoms. The van der Waals surface area contributed by atoms with Crippen LogP contribution in [0, 0.1) is 0 Å². The van der Waals surface area contributed by atoms with Gasteiger partial charge in [0.1, 0.15) is 0 Å². The van der Waals surface area contributed by atoms with E-state index in [1.54, 1.807) is 5.02 Å². The average molecular weight is 324 g/mol. The van der Waals surface area contributed by atoms with Crippen LogP contribution in [0.2, 0.25) is 9.53 Å². The van der Waals surface area contributed by atoms with Gasteiger partial charge in [0.15, 0.2) is 0 Å². The first-order valence-electron chi connectivity index (χ1n) is 5.55. The van der Waals surface area contributed by atoms with Crippen molar-refractivity contribution in [2.45, 2.75) is 56.0 Å². The average Bonchev–Trinajstić information content (AvgIpc) is 2.00. The van der Waals surface area contributed by atoms with E-state index in [0.29, 0.717) is 0 Å². The summed E-state index contributed by atoms with van der Waals surface area (Å²) < 4.78 is 1.09. The molecule has 2 nitrogen and oxygen atoms in total. The van der Waals surface area contributed by atoms with E-state index in [1.807, 2.05) is 0 Å². The van der Waals surface area contributed by atoms with Gasteiger partial charge in [-0.15, -0.1) is 0 Å². The molecule has 0 amide bonds. The molecular weight excluding hydrogens is 301 g/mol. The van der Waals surface area contributed by atoms with Crippen molar-refractivity contribution in [2.24, 2.45) is 0 Å². The Kier molecular flexibility index (Phi) is 15.1. The summed E-state index contributed by atoms with van der Waals surface area (Å²) in [5.41, 5.74) is -3.11. The summed E-state index contributed by atoms with van der Waals surface area (Å²) in [5.74, 6) is 0. The van der Waals surface area contributed by atoms with Crippen molar-refractivity contribution in [3.05, 3.63) is 0 Å². The van der Waals surface area contributed by atoms with E-state index in [-0.39, 0.29) is 17.1 Å². The predicted octanol–water partition coefficient (Wildman–Crippen LogP) is 4.02. The van der Waals surface area contributed by atoms with Crippen molar-refractivity contribution in [3.63, 3.8) is 0 Å². The normalized spacial score (nSPS) is 10.6. The molecule has 0 rings (SSSR count). The maximum atomic E-state index is 7.87. The van der Waals surface area contributed by atoms with Gasteiger partial charge < -0.3 is 9.79 Å². The van der Waals surface area contributed by atoms with Gasteiger partial charge in [0.2, 0.25) is 5.69 Å². The van der Waals surface area contributed by atoms with Crippen molar-refractivity contribution in [1.29, 1.82) is 0 Å². The van der Waals surface area contributed by atoms with E-state index in [4.69, 9.17) is 9.79 Å². The van der Waals surface area contributed by atoms with E-state index in [1.165, 1.54) is 25.7 Å². The van der Waals surface area contributed by atoms with Crippen molar-refractivity contribution in [3.8, 4) is 0 Å². The number of unbranched alkanes of at least 4 members (excludes halogenated alkanes) is 3. The third-order valence-corrected chi connectivity index (χ3v) is 6.21. The van der Waals surface area contributed by atoms with Crippen LogP contribution in [0.25, 0.3) is 0 Å². The topological polar surface area (TPSA) is 40.5 Å². The van der Waals surface area contributed by atoms with Crippen molar-refractivity contribution >= 4 is 29.7 Å². The Balaban J connectivity index is 0. The van der Waals surface area contributed by atoms with Crippen LogP contribution in [0.1, 0.15) is 46.5 Å². The Morgan fingerprint density at radius 1 is 1.27 bits per heavy atom. The standard InChI is InChI=1S/C6H13.C3H7.H3O2PS2.Zn/c1-3-5-6-4-2;1-3-2;1-3(2,4)5;/h1,3-6H2,2H3;3H,1-2H3;(H3,1,2,4,5);. The fraction of sp³-hybridized carbons (Fsp3) is 1.00. The summed E-state index contributed by atoms with van der Waals surface area (Å²) in [5, 5.41) is 1.63. The van der Waals surface area contributed by atoms with Crippen LogP contribution in [-0.4, -0.2) is 9.79 Å². The molecule has 0 unspecified atom stereocenters. The van der Waals surface area contributed by atoms with Crippen LogP contribution in [0.15, 0.2) is 0 Å². The summed E-state index contributed by atoms with van der Waals surface area (Å²) in [7, 11) is 0. The van der Waals surface area contributed by atoms with Crippen molar-refractivity contribution in [1.82, 2.24) is 0 Å². The van der Waals surface area contributed by atoms with Gasteiger partial charge in [-0.2, -0.15) is 0 Å². The van der Waals surface area contributed by atoms with Gasteiger partial charge in [-0.25, -0.2) is 0 Å². The molecule has 90 valence electrons. The molecule has 0 aliphatic carbocycles. The first-order valence-corrected chi connectivity index (χ1v) is 13.2. The van der Waals surface area contributed by atoms with Gasteiger partial charge >= 0.3 is 73.1 Å². The molecule has 0 aliphatic rings. The number of thiol groups is 1. The second-order valence-electron chi connectivity index (χ2n) is 4.11. The fourth-order valence-corrected chi connectivity index (χ4v) is 4.22. The number of rotatable bonds is 6. The van der Waals surface area contributed by atoms with E-state index in [0.717, 1.165) is 4.51 Å². The second-order valence-corrected chi connectivity index (χ2v) is 15.3. The summed E-state index contributed by atoms with van der Waals surface area (Å²) >= 11 is 7.00. The Morgan fingerprint density at radius 3 is 2.07 bits per heavy atom. The summed E-state index contributed by atoms with van der Waals surface area (Å²) in [6.07, 6.45) is 5.87. The Hall–Kier alpha value is 1.54. The van der Waals surface area contributed by atoms with Gasteiger partial charge in [-0.05, 0) is 11.8 Å². The molecule has 0 radical (unpaired) electrons. The molecule has 0 saturated carbocycles. The third kappa shape index (κ3) is 39.1. The SMILES string of the molecule is CCCCC[CH2][Zn][CH](C)C.OP(O)(=S)S.